The van der Waals surface area contributed by atoms with Gasteiger partial charge in [-0.05, 0) is 6.92 Å². The van der Waals surface area contributed by atoms with Crippen molar-refractivity contribution in [3.63, 3.8) is 0 Å². The molecule has 0 fully saturated rings. The Morgan fingerprint density at radius 1 is 1.17 bits per heavy atom. The molecule has 1 N–H and O–H groups in total. The van der Waals surface area contributed by atoms with Crippen molar-refractivity contribution in [3.8, 4) is 0 Å². The van der Waals surface area contributed by atoms with Crippen LogP contribution >= 0.6 is 11.3 Å². The van der Waals surface area contributed by atoms with E-state index in [1.807, 2.05) is 0 Å². The van der Waals surface area contributed by atoms with Gasteiger partial charge in [0.25, 0.3) is 11.9 Å². The maximum Gasteiger partial charge on any atom is 0.253 e. The second-order valence-corrected chi connectivity index (χ2v) is 4.71. The topological polar surface area (TPSA) is 37.8 Å². The molecular formula is C10H7F4N3S. The van der Waals surface area contributed by atoms with Crippen LogP contribution in [0.3, 0.4) is 0 Å². The predicted octanol–water partition coefficient (Wildman–Crippen LogP) is 3.02. The zero-order valence-electron chi connectivity index (χ0n) is 9.10. The third kappa shape index (κ3) is 2.42. The lowest BCUT2D eigenvalue weighted by atomic mass is 10.3. The van der Waals surface area contributed by atoms with Crippen molar-refractivity contribution < 1.29 is 17.6 Å². The highest BCUT2D eigenvalue weighted by molar-refractivity contribution is 7.11. The van der Waals surface area contributed by atoms with Crippen molar-refractivity contribution in [2.24, 2.45) is 0 Å². The molecule has 2 aromatic rings. The number of aryl methyl sites for hydroxylation is 1. The molecule has 0 saturated carbocycles. The van der Waals surface area contributed by atoms with Gasteiger partial charge in [-0.1, -0.05) is 0 Å². The Morgan fingerprint density at radius 2 is 1.78 bits per heavy atom. The van der Waals surface area contributed by atoms with Gasteiger partial charge in [0.15, 0.2) is 0 Å². The Morgan fingerprint density at radius 3 is 2.28 bits per heavy atom. The molecule has 0 aliphatic carbocycles. The normalized spacial score (nSPS) is 10.7. The molecule has 0 atom stereocenters. The Hall–Kier alpha value is -1.70. The van der Waals surface area contributed by atoms with Crippen LogP contribution in [0.1, 0.15) is 9.88 Å². The van der Waals surface area contributed by atoms with Gasteiger partial charge < -0.3 is 5.32 Å². The van der Waals surface area contributed by atoms with Crippen molar-refractivity contribution in [2.45, 2.75) is 13.5 Å². The second kappa shape index (κ2) is 4.89. The number of hydrogen-bond donors (Lipinski definition) is 1. The van der Waals surface area contributed by atoms with Crippen LogP contribution in [-0.4, -0.2) is 9.97 Å². The highest BCUT2D eigenvalue weighted by atomic mass is 32.1. The quantitative estimate of drug-likeness (QED) is 0.692. The molecular weight excluding hydrogens is 270 g/mol. The molecule has 0 aromatic carbocycles. The molecule has 0 amide bonds. The summed E-state index contributed by atoms with van der Waals surface area (Å²) in [6.07, 6.45) is 1.51. The summed E-state index contributed by atoms with van der Waals surface area (Å²) in [7, 11) is 0. The first-order valence-corrected chi connectivity index (χ1v) is 5.66. The number of aromatic nitrogens is 2. The monoisotopic (exact) mass is 277 g/mol. The average molecular weight is 277 g/mol. The fourth-order valence-electron chi connectivity index (χ4n) is 1.30. The smallest absolute Gasteiger partial charge is 0.253 e. The van der Waals surface area contributed by atoms with Crippen LogP contribution in [0.5, 0.6) is 0 Å². The molecule has 0 spiro atoms. The third-order valence-electron chi connectivity index (χ3n) is 2.11. The molecule has 0 radical (unpaired) electrons. The number of halogens is 4. The lowest BCUT2D eigenvalue weighted by molar-refractivity contribution is 0.410. The first-order chi connectivity index (χ1) is 8.49. The van der Waals surface area contributed by atoms with Crippen molar-refractivity contribution >= 4 is 17.0 Å². The highest BCUT2D eigenvalue weighted by Crippen LogP contribution is 2.23. The number of nitrogens with zero attached hydrogens (tertiary/aromatic N) is 2. The molecule has 2 rings (SSSR count). The van der Waals surface area contributed by atoms with Gasteiger partial charge >= 0.3 is 0 Å². The summed E-state index contributed by atoms with van der Waals surface area (Å²) in [4.78, 5) is 7.08. The van der Waals surface area contributed by atoms with Gasteiger partial charge in [0.05, 0.1) is 11.6 Å². The van der Waals surface area contributed by atoms with Crippen LogP contribution in [-0.2, 0) is 6.54 Å². The van der Waals surface area contributed by atoms with Crippen LogP contribution in [0.2, 0.25) is 0 Å². The van der Waals surface area contributed by atoms with Crippen LogP contribution < -0.4 is 5.32 Å². The first-order valence-electron chi connectivity index (χ1n) is 4.84. The standard InChI is InChI=1S/C10H7F4N3S/c1-4-15-2-5(18-4)3-16-8-6(11)9(13)17-10(14)7(8)12/h2H,3H2,1H3,(H,16,17). The maximum absolute atomic E-state index is 13.2. The van der Waals surface area contributed by atoms with Gasteiger partial charge in [-0.3, -0.25) is 0 Å². The minimum atomic E-state index is -1.68. The van der Waals surface area contributed by atoms with Crippen molar-refractivity contribution in [1.29, 1.82) is 0 Å². The number of pyridine rings is 1. The van der Waals surface area contributed by atoms with Gasteiger partial charge in [-0.15, -0.1) is 11.3 Å². The third-order valence-corrected chi connectivity index (χ3v) is 3.02. The fraction of sp³-hybridized carbons (Fsp3) is 0.200. The summed E-state index contributed by atoms with van der Waals surface area (Å²) >= 11 is 1.31. The van der Waals surface area contributed by atoms with E-state index in [9.17, 15) is 17.6 Å². The predicted molar refractivity (Wildman–Crippen MR) is 58.2 cm³/mol. The van der Waals surface area contributed by atoms with Gasteiger partial charge in [0, 0.05) is 11.1 Å². The van der Waals surface area contributed by atoms with Gasteiger partial charge in [0.1, 0.15) is 5.69 Å². The zero-order valence-corrected chi connectivity index (χ0v) is 9.92. The molecule has 18 heavy (non-hydrogen) atoms. The highest BCUT2D eigenvalue weighted by Gasteiger charge is 2.20. The van der Waals surface area contributed by atoms with Crippen LogP contribution in [0.25, 0.3) is 0 Å². The van der Waals surface area contributed by atoms with Crippen LogP contribution in [0.15, 0.2) is 6.20 Å². The number of thiazole rings is 1. The second-order valence-electron chi connectivity index (χ2n) is 3.40. The van der Waals surface area contributed by atoms with Crippen molar-refractivity contribution in [1.82, 2.24) is 9.97 Å². The SMILES string of the molecule is Cc1ncc(CNc2c(F)c(F)nc(F)c2F)s1. The van der Waals surface area contributed by atoms with E-state index in [0.29, 0.717) is 4.88 Å². The molecule has 0 unspecified atom stereocenters. The molecule has 0 saturated heterocycles. The van der Waals surface area contributed by atoms with Crippen molar-refractivity contribution in [2.75, 3.05) is 5.32 Å². The molecule has 2 heterocycles. The fourth-order valence-corrected chi connectivity index (χ4v) is 2.04. The summed E-state index contributed by atoms with van der Waals surface area (Å²) < 4.78 is 52.1. The molecule has 96 valence electrons. The Bertz CT molecular complexity index is 558. The summed E-state index contributed by atoms with van der Waals surface area (Å²) in [6, 6.07) is 0. The Labute approximate surface area is 104 Å². The minimum Gasteiger partial charge on any atom is -0.375 e. The molecule has 2 aromatic heterocycles. The van der Waals surface area contributed by atoms with E-state index in [2.05, 4.69) is 15.3 Å². The lowest BCUT2D eigenvalue weighted by Crippen LogP contribution is -2.08. The van der Waals surface area contributed by atoms with Crippen molar-refractivity contribution in [3.05, 3.63) is 39.6 Å². The van der Waals surface area contributed by atoms with E-state index in [1.165, 1.54) is 17.5 Å². The average Bonchev–Trinajstić information content (AvgIpc) is 2.73. The summed E-state index contributed by atoms with van der Waals surface area (Å²) in [6.45, 7) is 1.78. The summed E-state index contributed by atoms with van der Waals surface area (Å²) in [5, 5.41) is 3.07. The number of rotatable bonds is 3. The Balaban J connectivity index is 2.24. The van der Waals surface area contributed by atoms with E-state index < -0.39 is 29.2 Å². The van der Waals surface area contributed by atoms with E-state index in [-0.39, 0.29) is 6.54 Å². The largest absolute Gasteiger partial charge is 0.375 e. The molecule has 0 aliphatic rings. The van der Waals surface area contributed by atoms with Crippen LogP contribution in [0.4, 0.5) is 23.2 Å². The van der Waals surface area contributed by atoms with E-state index in [1.54, 1.807) is 6.92 Å². The molecule has 0 aliphatic heterocycles. The maximum atomic E-state index is 13.2. The van der Waals surface area contributed by atoms with Crippen LogP contribution in [0, 0.1) is 30.5 Å². The first kappa shape index (κ1) is 12.7. The van der Waals surface area contributed by atoms with E-state index in [0.717, 1.165) is 5.01 Å². The number of anilines is 1. The zero-order chi connectivity index (χ0) is 13.3. The molecule has 8 heteroatoms. The molecule has 0 bridgehead atoms. The summed E-state index contributed by atoms with van der Waals surface area (Å²) in [5.41, 5.74) is -0.869. The van der Waals surface area contributed by atoms with E-state index >= 15 is 0 Å². The molecule has 3 nitrogen and oxygen atoms in total. The van der Waals surface area contributed by atoms with Gasteiger partial charge in [-0.2, -0.15) is 22.5 Å². The van der Waals surface area contributed by atoms with Gasteiger partial charge in [0.2, 0.25) is 11.6 Å². The summed E-state index contributed by atoms with van der Waals surface area (Å²) in [5.74, 6) is -6.46. The minimum absolute atomic E-state index is 0.0161. The van der Waals surface area contributed by atoms with E-state index in [4.69, 9.17) is 0 Å². The Kier molecular flexibility index (Phi) is 3.46. The number of hydrogen-bond acceptors (Lipinski definition) is 4. The lowest BCUT2D eigenvalue weighted by Gasteiger charge is -2.07. The van der Waals surface area contributed by atoms with Gasteiger partial charge in [-0.25, -0.2) is 4.98 Å². The number of nitrogens with one attached hydrogen (secondary N) is 1.